The van der Waals surface area contributed by atoms with Crippen molar-refractivity contribution in [3.8, 4) is 6.07 Å². The molecule has 1 spiro atoms. The third-order valence-electron chi connectivity index (χ3n) is 8.18. The maximum atomic E-state index is 13.0. The maximum absolute atomic E-state index is 13.0. The van der Waals surface area contributed by atoms with Crippen LogP contribution in [0.25, 0.3) is 21.8 Å². The monoisotopic (exact) mass is 503 g/mol. The van der Waals surface area contributed by atoms with Gasteiger partial charge in [0, 0.05) is 59.8 Å². The number of aromatic amines is 1. The van der Waals surface area contributed by atoms with Crippen molar-refractivity contribution in [3.63, 3.8) is 0 Å². The fraction of sp³-hybridized carbons (Fsp3) is 0.379. The molecule has 8 heteroatoms. The van der Waals surface area contributed by atoms with Gasteiger partial charge in [-0.2, -0.15) is 18.4 Å². The molecule has 0 aliphatic carbocycles. The van der Waals surface area contributed by atoms with Crippen LogP contribution in [0.4, 0.5) is 18.9 Å². The zero-order valence-corrected chi connectivity index (χ0v) is 20.7. The number of pyridine rings is 1. The summed E-state index contributed by atoms with van der Waals surface area (Å²) in [5.41, 5.74) is 6.22. The maximum Gasteiger partial charge on any atom is 0.393 e. The molecular formula is C29H28F3N5. The minimum Gasteiger partial charge on any atom is -0.370 e. The number of aromatic nitrogens is 2. The second kappa shape index (κ2) is 8.77. The van der Waals surface area contributed by atoms with Crippen LogP contribution in [-0.4, -0.2) is 47.2 Å². The minimum absolute atomic E-state index is 0.180. The van der Waals surface area contributed by atoms with E-state index in [1.165, 1.54) is 17.2 Å². The van der Waals surface area contributed by atoms with E-state index in [9.17, 15) is 18.4 Å². The third-order valence-corrected chi connectivity index (χ3v) is 8.18. The molecule has 5 nitrogen and oxygen atoms in total. The lowest BCUT2D eigenvalue weighted by molar-refractivity contribution is -0.127. The lowest BCUT2D eigenvalue weighted by atomic mass is 9.86. The Morgan fingerprint density at radius 3 is 2.70 bits per heavy atom. The molecule has 2 aliphatic rings. The molecule has 2 aromatic carbocycles. The molecule has 2 aromatic heterocycles. The van der Waals surface area contributed by atoms with Crippen molar-refractivity contribution in [1.82, 2.24) is 14.9 Å². The van der Waals surface area contributed by atoms with Crippen LogP contribution >= 0.6 is 0 Å². The van der Waals surface area contributed by atoms with Crippen LogP contribution in [0.3, 0.4) is 0 Å². The summed E-state index contributed by atoms with van der Waals surface area (Å²) in [6.45, 7) is 6.80. The number of aryl methyl sites for hydroxylation is 1. The topological polar surface area (TPSA) is 58.9 Å². The number of hydrogen-bond acceptors (Lipinski definition) is 4. The zero-order valence-electron chi connectivity index (χ0n) is 20.7. The van der Waals surface area contributed by atoms with Crippen LogP contribution in [0.2, 0.25) is 0 Å². The van der Waals surface area contributed by atoms with Gasteiger partial charge in [0.15, 0.2) is 0 Å². The summed E-state index contributed by atoms with van der Waals surface area (Å²) in [5.74, 6) is 0. The summed E-state index contributed by atoms with van der Waals surface area (Å²) in [7, 11) is 0. The molecule has 0 amide bonds. The molecule has 190 valence electrons. The van der Waals surface area contributed by atoms with E-state index in [1.54, 1.807) is 18.3 Å². The molecule has 0 bridgehead atoms. The van der Waals surface area contributed by atoms with Gasteiger partial charge in [-0.15, -0.1) is 0 Å². The third kappa shape index (κ3) is 4.53. The standard InChI is InChI=1S/C29H28F3N5/c1-19-21(3-5-26-23(19)13-22(15-33)35-26)16-36-10-7-28(17-36)8-11-37(18-28)27-6-9-34-25-4-2-20(12-24(25)27)14-29(30,31)32/h2-6,9,12-13,35H,7-8,10-11,14,16-18H2,1H3/t28-/m0/s1. The first-order valence-corrected chi connectivity index (χ1v) is 12.7. The Morgan fingerprint density at radius 1 is 1.05 bits per heavy atom. The van der Waals surface area contributed by atoms with E-state index in [1.807, 2.05) is 12.1 Å². The summed E-state index contributed by atoms with van der Waals surface area (Å²) in [4.78, 5) is 12.4. The number of fused-ring (bicyclic) bond motifs is 2. The molecule has 0 saturated carbocycles. The Bertz CT molecular complexity index is 1530. The molecule has 2 aliphatic heterocycles. The first kappa shape index (κ1) is 23.8. The highest BCUT2D eigenvalue weighted by Crippen LogP contribution is 2.43. The van der Waals surface area contributed by atoms with E-state index in [0.717, 1.165) is 73.1 Å². The predicted molar refractivity (Wildman–Crippen MR) is 138 cm³/mol. The van der Waals surface area contributed by atoms with Gasteiger partial charge in [0.2, 0.25) is 0 Å². The summed E-state index contributed by atoms with van der Waals surface area (Å²) >= 11 is 0. The lowest BCUT2D eigenvalue weighted by Crippen LogP contribution is -2.31. The number of nitriles is 1. The molecule has 0 unspecified atom stereocenters. The van der Waals surface area contributed by atoms with Crippen LogP contribution in [0, 0.1) is 23.7 Å². The Hall–Kier alpha value is -3.57. The minimum atomic E-state index is -4.23. The van der Waals surface area contributed by atoms with Gasteiger partial charge in [0.05, 0.1) is 11.9 Å². The molecule has 4 heterocycles. The van der Waals surface area contributed by atoms with Crippen molar-refractivity contribution >= 4 is 27.5 Å². The van der Waals surface area contributed by atoms with Gasteiger partial charge in [-0.25, -0.2) is 0 Å². The van der Waals surface area contributed by atoms with Gasteiger partial charge in [-0.1, -0.05) is 12.1 Å². The van der Waals surface area contributed by atoms with E-state index >= 15 is 0 Å². The van der Waals surface area contributed by atoms with Gasteiger partial charge in [-0.05, 0) is 73.3 Å². The smallest absolute Gasteiger partial charge is 0.370 e. The quantitative estimate of drug-likeness (QED) is 0.365. The fourth-order valence-electron chi connectivity index (χ4n) is 6.30. The van der Waals surface area contributed by atoms with Gasteiger partial charge in [0.1, 0.15) is 11.8 Å². The van der Waals surface area contributed by atoms with E-state index in [4.69, 9.17) is 0 Å². The fourth-order valence-corrected chi connectivity index (χ4v) is 6.30. The second-order valence-electron chi connectivity index (χ2n) is 10.7. The molecule has 2 saturated heterocycles. The number of hydrogen-bond donors (Lipinski definition) is 1. The molecular weight excluding hydrogens is 475 g/mol. The average molecular weight is 504 g/mol. The van der Waals surface area contributed by atoms with Crippen molar-refractivity contribution in [2.24, 2.45) is 5.41 Å². The van der Waals surface area contributed by atoms with Gasteiger partial charge >= 0.3 is 6.18 Å². The van der Waals surface area contributed by atoms with E-state index in [0.29, 0.717) is 5.69 Å². The zero-order chi connectivity index (χ0) is 25.8. The number of nitrogens with one attached hydrogen (secondary N) is 1. The summed E-state index contributed by atoms with van der Waals surface area (Å²) in [5, 5.41) is 11.1. The van der Waals surface area contributed by atoms with Crippen LogP contribution in [0.1, 0.15) is 35.2 Å². The molecule has 1 N–H and O–H groups in total. The number of alkyl halides is 3. The van der Waals surface area contributed by atoms with E-state index < -0.39 is 12.6 Å². The van der Waals surface area contributed by atoms with Crippen molar-refractivity contribution < 1.29 is 13.2 Å². The molecule has 4 aromatic rings. The predicted octanol–water partition coefficient (Wildman–Crippen LogP) is 6.10. The summed E-state index contributed by atoms with van der Waals surface area (Å²) < 4.78 is 39.0. The molecule has 2 fully saturated rings. The average Bonchev–Trinajstić information content (AvgIpc) is 3.58. The van der Waals surface area contributed by atoms with Crippen molar-refractivity contribution in [2.45, 2.75) is 38.9 Å². The number of anilines is 1. The molecule has 6 rings (SSSR count). The Morgan fingerprint density at radius 2 is 1.89 bits per heavy atom. The Kier molecular flexibility index (Phi) is 5.64. The number of likely N-dealkylation sites (tertiary alicyclic amines) is 1. The number of H-pyrrole nitrogens is 1. The SMILES string of the molecule is Cc1c(CN2CC[C@]3(CCN(c4ccnc5ccc(CC(F)(F)F)cc45)C3)C2)ccc2[nH]c(C#N)cc12. The van der Waals surface area contributed by atoms with Crippen LogP contribution in [0.15, 0.2) is 48.7 Å². The summed E-state index contributed by atoms with van der Waals surface area (Å²) in [6.07, 6.45) is -1.23. The number of benzene rings is 2. The molecule has 0 radical (unpaired) electrons. The van der Waals surface area contributed by atoms with Crippen LogP contribution in [-0.2, 0) is 13.0 Å². The van der Waals surface area contributed by atoms with Gasteiger partial charge in [0.25, 0.3) is 0 Å². The number of rotatable bonds is 4. The first-order chi connectivity index (χ1) is 17.7. The Labute approximate surface area is 213 Å². The van der Waals surface area contributed by atoms with Gasteiger partial charge < -0.3 is 9.88 Å². The number of halogens is 3. The highest BCUT2D eigenvalue weighted by molar-refractivity contribution is 5.92. The highest BCUT2D eigenvalue weighted by atomic mass is 19.4. The Balaban J connectivity index is 1.19. The second-order valence-corrected chi connectivity index (χ2v) is 10.7. The van der Waals surface area contributed by atoms with E-state index in [2.05, 4.69) is 44.9 Å². The summed E-state index contributed by atoms with van der Waals surface area (Å²) in [6, 6.07) is 15.2. The molecule has 1 atom stereocenters. The largest absolute Gasteiger partial charge is 0.393 e. The first-order valence-electron chi connectivity index (χ1n) is 12.7. The number of nitrogens with zero attached hydrogens (tertiary/aromatic N) is 4. The molecule has 37 heavy (non-hydrogen) atoms. The van der Waals surface area contributed by atoms with Crippen molar-refractivity contribution in [1.29, 1.82) is 5.26 Å². The van der Waals surface area contributed by atoms with E-state index in [-0.39, 0.29) is 11.0 Å². The van der Waals surface area contributed by atoms with Gasteiger partial charge in [-0.3, -0.25) is 9.88 Å². The lowest BCUT2D eigenvalue weighted by Gasteiger charge is -2.26. The normalized spacial score (nSPS) is 20.5. The van der Waals surface area contributed by atoms with Crippen molar-refractivity contribution in [3.05, 3.63) is 71.0 Å². The van der Waals surface area contributed by atoms with Crippen LogP contribution in [0.5, 0.6) is 0 Å². The van der Waals surface area contributed by atoms with Crippen LogP contribution < -0.4 is 4.90 Å². The highest BCUT2D eigenvalue weighted by Gasteiger charge is 2.43. The van der Waals surface area contributed by atoms with Crippen molar-refractivity contribution in [2.75, 3.05) is 31.1 Å².